The van der Waals surface area contributed by atoms with Crippen LogP contribution in [0, 0.1) is 5.92 Å². The van der Waals surface area contributed by atoms with Crippen molar-refractivity contribution in [1.82, 2.24) is 0 Å². The third-order valence-corrected chi connectivity index (χ3v) is 2.11. The van der Waals surface area contributed by atoms with Crippen LogP contribution in [0.4, 0.5) is 0 Å². The SMILES string of the molecule is CCC1CC(Cl)C1. The summed E-state index contributed by atoms with van der Waals surface area (Å²) in [5.41, 5.74) is 0. The van der Waals surface area contributed by atoms with Crippen LogP contribution < -0.4 is 0 Å². The minimum Gasteiger partial charge on any atom is -0.123 e. The Hall–Kier alpha value is 0.290. The minimum absolute atomic E-state index is 0.518. The predicted molar refractivity (Wildman–Crippen MR) is 32.7 cm³/mol. The number of rotatable bonds is 1. The summed E-state index contributed by atoms with van der Waals surface area (Å²) >= 11 is 5.72. The molecule has 1 rings (SSSR count). The van der Waals surface area contributed by atoms with Crippen molar-refractivity contribution in [3.8, 4) is 0 Å². The van der Waals surface area contributed by atoms with Gasteiger partial charge >= 0.3 is 0 Å². The topological polar surface area (TPSA) is 0 Å². The molecule has 0 nitrogen and oxygen atoms in total. The molecule has 0 heterocycles. The van der Waals surface area contributed by atoms with E-state index in [-0.39, 0.29) is 0 Å². The van der Waals surface area contributed by atoms with E-state index in [1.807, 2.05) is 0 Å². The summed E-state index contributed by atoms with van der Waals surface area (Å²) in [6.07, 6.45) is 3.85. The average molecular weight is 119 g/mol. The third kappa shape index (κ3) is 1.09. The Morgan fingerprint density at radius 1 is 1.57 bits per heavy atom. The van der Waals surface area contributed by atoms with Gasteiger partial charge in [0.05, 0.1) is 0 Å². The Bertz CT molecular complexity index is 55.2. The van der Waals surface area contributed by atoms with Crippen LogP contribution >= 0.6 is 11.6 Å². The molecule has 0 radical (unpaired) electrons. The second kappa shape index (κ2) is 2.04. The average Bonchev–Trinajstić information content (AvgIpc) is 1.58. The molecule has 0 aromatic rings. The highest BCUT2D eigenvalue weighted by Gasteiger charge is 2.24. The normalized spacial score (nSPS) is 40.3. The molecule has 1 saturated carbocycles. The van der Waals surface area contributed by atoms with Crippen LogP contribution in [0.15, 0.2) is 0 Å². The summed E-state index contributed by atoms with van der Waals surface area (Å²) in [5.74, 6) is 0.961. The van der Waals surface area contributed by atoms with Crippen LogP contribution in [0.25, 0.3) is 0 Å². The maximum atomic E-state index is 5.72. The fourth-order valence-corrected chi connectivity index (χ4v) is 1.49. The minimum atomic E-state index is 0.518. The molecule has 0 amide bonds. The summed E-state index contributed by atoms with van der Waals surface area (Å²) in [6, 6.07) is 0. The molecule has 0 aromatic carbocycles. The van der Waals surface area contributed by atoms with Crippen molar-refractivity contribution < 1.29 is 0 Å². The van der Waals surface area contributed by atoms with Crippen LogP contribution in [0.1, 0.15) is 26.2 Å². The van der Waals surface area contributed by atoms with Gasteiger partial charge in [0, 0.05) is 5.38 Å². The van der Waals surface area contributed by atoms with Gasteiger partial charge in [-0.05, 0) is 18.8 Å². The van der Waals surface area contributed by atoms with E-state index >= 15 is 0 Å². The first-order valence-electron chi connectivity index (χ1n) is 2.97. The van der Waals surface area contributed by atoms with Crippen molar-refractivity contribution in [2.24, 2.45) is 5.92 Å². The van der Waals surface area contributed by atoms with Gasteiger partial charge < -0.3 is 0 Å². The molecule has 0 unspecified atom stereocenters. The van der Waals surface area contributed by atoms with E-state index in [0.29, 0.717) is 5.38 Å². The van der Waals surface area contributed by atoms with Crippen LogP contribution in [0.5, 0.6) is 0 Å². The molecule has 0 spiro atoms. The van der Waals surface area contributed by atoms with Crippen molar-refractivity contribution in [2.45, 2.75) is 31.6 Å². The fraction of sp³-hybridized carbons (Fsp3) is 1.00. The molecular weight excluding hydrogens is 108 g/mol. The third-order valence-electron chi connectivity index (χ3n) is 1.76. The van der Waals surface area contributed by atoms with Crippen molar-refractivity contribution in [1.29, 1.82) is 0 Å². The molecule has 0 bridgehead atoms. The number of halogens is 1. The monoisotopic (exact) mass is 118 g/mol. The van der Waals surface area contributed by atoms with Crippen molar-refractivity contribution in [3.05, 3.63) is 0 Å². The lowest BCUT2D eigenvalue weighted by molar-refractivity contribution is 0.314. The van der Waals surface area contributed by atoms with Gasteiger partial charge in [0.25, 0.3) is 0 Å². The molecule has 0 aliphatic heterocycles. The van der Waals surface area contributed by atoms with Gasteiger partial charge in [0.1, 0.15) is 0 Å². The van der Waals surface area contributed by atoms with E-state index in [1.54, 1.807) is 0 Å². The standard InChI is InChI=1S/C6H11Cl/c1-2-5-3-6(7)4-5/h5-6H,2-4H2,1H3. The van der Waals surface area contributed by atoms with Crippen LogP contribution in [-0.4, -0.2) is 5.38 Å². The molecule has 7 heavy (non-hydrogen) atoms. The van der Waals surface area contributed by atoms with E-state index in [0.717, 1.165) is 5.92 Å². The summed E-state index contributed by atoms with van der Waals surface area (Å²) in [4.78, 5) is 0. The molecule has 1 heteroatoms. The first kappa shape index (κ1) is 5.43. The van der Waals surface area contributed by atoms with Gasteiger partial charge in [-0.25, -0.2) is 0 Å². The Balaban J connectivity index is 2.06. The zero-order chi connectivity index (χ0) is 5.28. The van der Waals surface area contributed by atoms with Gasteiger partial charge in [-0.15, -0.1) is 11.6 Å². The maximum absolute atomic E-state index is 5.72. The van der Waals surface area contributed by atoms with Crippen molar-refractivity contribution in [2.75, 3.05) is 0 Å². The molecule has 0 aromatic heterocycles. The van der Waals surface area contributed by atoms with E-state index in [4.69, 9.17) is 11.6 Å². The van der Waals surface area contributed by atoms with Gasteiger partial charge in [0.2, 0.25) is 0 Å². The first-order chi connectivity index (χ1) is 3.33. The lowest BCUT2D eigenvalue weighted by atomic mass is 9.83. The van der Waals surface area contributed by atoms with Crippen LogP contribution in [0.2, 0.25) is 0 Å². The highest BCUT2D eigenvalue weighted by molar-refractivity contribution is 6.21. The molecule has 1 aliphatic carbocycles. The van der Waals surface area contributed by atoms with E-state index in [1.165, 1.54) is 19.3 Å². The Kier molecular flexibility index (Phi) is 1.58. The Labute approximate surface area is 49.9 Å². The maximum Gasteiger partial charge on any atom is 0.0341 e. The van der Waals surface area contributed by atoms with Gasteiger partial charge in [-0.1, -0.05) is 13.3 Å². The zero-order valence-electron chi connectivity index (χ0n) is 4.65. The highest BCUT2D eigenvalue weighted by atomic mass is 35.5. The van der Waals surface area contributed by atoms with Crippen molar-refractivity contribution >= 4 is 11.6 Å². The highest BCUT2D eigenvalue weighted by Crippen LogP contribution is 2.33. The van der Waals surface area contributed by atoms with Gasteiger partial charge in [-0.3, -0.25) is 0 Å². The summed E-state index contributed by atoms with van der Waals surface area (Å²) in [5, 5.41) is 0.518. The van der Waals surface area contributed by atoms with Gasteiger partial charge in [-0.2, -0.15) is 0 Å². The van der Waals surface area contributed by atoms with Crippen molar-refractivity contribution in [3.63, 3.8) is 0 Å². The molecule has 1 fully saturated rings. The molecule has 42 valence electrons. The fourth-order valence-electron chi connectivity index (χ4n) is 0.988. The smallest absolute Gasteiger partial charge is 0.0341 e. The van der Waals surface area contributed by atoms with E-state index < -0.39 is 0 Å². The Morgan fingerprint density at radius 2 is 2.14 bits per heavy atom. The number of alkyl halides is 1. The second-order valence-electron chi connectivity index (χ2n) is 2.34. The second-order valence-corrected chi connectivity index (χ2v) is 2.96. The number of hydrogen-bond donors (Lipinski definition) is 0. The largest absolute Gasteiger partial charge is 0.123 e. The predicted octanol–water partition coefficient (Wildman–Crippen LogP) is 2.41. The lowest BCUT2D eigenvalue weighted by Crippen LogP contribution is -2.22. The molecular formula is C6H11Cl. The van der Waals surface area contributed by atoms with Gasteiger partial charge in [0.15, 0.2) is 0 Å². The lowest BCUT2D eigenvalue weighted by Gasteiger charge is -2.29. The number of hydrogen-bond acceptors (Lipinski definition) is 0. The first-order valence-corrected chi connectivity index (χ1v) is 3.40. The quantitative estimate of drug-likeness (QED) is 0.464. The molecule has 0 N–H and O–H groups in total. The van der Waals surface area contributed by atoms with Crippen LogP contribution in [0.3, 0.4) is 0 Å². The van der Waals surface area contributed by atoms with E-state index in [2.05, 4.69) is 6.92 Å². The van der Waals surface area contributed by atoms with Crippen LogP contribution in [-0.2, 0) is 0 Å². The Morgan fingerprint density at radius 3 is 2.29 bits per heavy atom. The summed E-state index contributed by atoms with van der Waals surface area (Å²) < 4.78 is 0. The molecule has 1 aliphatic rings. The summed E-state index contributed by atoms with van der Waals surface area (Å²) in [6.45, 7) is 2.23. The molecule has 0 saturated heterocycles. The molecule has 0 atom stereocenters. The summed E-state index contributed by atoms with van der Waals surface area (Å²) in [7, 11) is 0. The van der Waals surface area contributed by atoms with E-state index in [9.17, 15) is 0 Å². The zero-order valence-corrected chi connectivity index (χ0v) is 5.41.